The van der Waals surface area contributed by atoms with Crippen molar-refractivity contribution in [3.8, 4) is 6.07 Å². The summed E-state index contributed by atoms with van der Waals surface area (Å²) in [6, 6.07) is 7.18. The van der Waals surface area contributed by atoms with Gasteiger partial charge in [0.15, 0.2) is 6.29 Å². The fraction of sp³-hybridized carbons (Fsp3) is 0.273. The zero-order valence-corrected chi connectivity index (χ0v) is 10.5. The molecule has 5 heteroatoms. The number of rotatable bonds is 3. The predicted octanol–water partition coefficient (Wildman–Crippen LogP) is 2.66. The van der Waals surface area contributed by atoms with Crippen molar-refractivity contribution in [1.82, 2.24) is 0 Å². The van der Waals surface area contributed by atoms with Crippen molar-refractivity contribution in [2.75, 3.05) is 7.11 Å². The predicted molar refractivity (Wildman–Crippen MR) is 63.2 cm³/mol. The molecule has 0 amide bonds. The Bertz CT molecular complexity index is 440. The van der Waals surface area contributed by atoms with Crippen molar-refractivity contribution >= 4 is 21.8 Å². The standard InChI is InChI=1S/C11H11BrN2O2/c1-7(15-2)16-11(14)8-4-3-5-10(12)9(8)6-13/h3-5,7,14H,1-2H3. The lowest BCUT2D eigenvalue weighted by atomic mass is 10.1. The van der Waals surface area contributed by atoms with Crippen LogP contribution in [0.2, 0.25) is 0 Å². The molecule has 0 spiro atoms. The van der Waals surface area contributed by atoms with Crippen LogP contribution in [-0.4, -0.2) is 19.3 Å². The summed E-state index contributed by atoms with van der Waals surface area (Å²) in [5.41, 5.74) is 0.830. The lowest BCUT2D eigenvalue weighted by Gasteiger charge is -2.14. The summed E-state index contributed by atoms with van der Waals surface area (Å²) in [5.74, 6) is -0.0767. The number of nitrogens with zero attached hydrogens (tertiary/aromatic N) is 1. The van der Waals surface area contributed by atoms with Gasteiger partial charge < -0.3 is 9.47 Å². The first-order chi connectivity index (χ1) is 7.60. The highest BCUT2D eigenvalue weighted by atomic mass is 79.9. The number of nitrogens with one attached hydrogen (secondary N) is 1. The van der Waals surface area contributed by atoms with E-state index in [-0.39, 0.29) is 5.90 Å². The van der Waals surface area contributed by atoms with E-state index in [2.05, 4.69) is 15.9 Å². The Hall–Kier alpha value is -1.38. The minimum Gasteiger partial charge on any atom is -0.448 e. The van der Waals surface area contributed by atoms with E-state index in [1.165, 1.54) is 7.11 Å². The Balaban J connectivity index is 3.01. The molecular weight excluding hydrogens is 272 g/mol. The van der Waals surface area contributed by atoms with E-state index >= 15 is 0 Å². The minimum atomic E-state index is -0.516. The first-order valence-corrected chi connectivity index (χ1v) is 5.36. The molecule has 16 heavy (non-hydrogen) atoms. The fourth-order valence-corrected chi connectivity index (χ4v) is 1.56. The van der Waals surface area contributed by atoms with Gasteiger partial charge in [0, 0.05) is 11.6 Å². The zero-order valence-electron chi connectivity index (χ0n) is 8.95. The van der Waals surface area contributed by atoms with Crippen molar-refractivity contribution in [3.05, 3.63) is 33.8 Å². The van der Waals surface area contributed by atoms with E-state index in [9.17, 15) is 0 Å². The summed E-state index contributed by atoms with van der Waals surface area (Å²) in [5, 5.41) is 16.7. The Morgan fingerprint density at radius 2 is 2.25 bits per heavy atom. The second-order valence-corrected chi connectivity index (χ2v) is 3.88. The number of nitriles is 1. The molecule has 0 saturated heterocycles. The number of hydrogen-bond acceptors (Lipinski definition) is 4. The summed E-state index contributed by atoms with van der Waals surface area (Å²) in [6.45, 7) is 1.68. The molecule has 84 valence electrons. The Morgan fingerprint density at radius 1 is 1.56 bits per heavy atom. The molecule has 4 nitrogen and oxygen atoms in total. The van der Waals surface area contributed by atoms with Crippen LogP contribution in [0.3, 0.4) is 0 Å². The third kappa shape index (κ3) is 2.81. The van der Waals surface area contributed by atoms with Gasteiger partial charge in [-0.1, -0.05) is 6.07 Å². The third-order valence-corrected chi connectivity index (χ3v) is 2.65. The van der Waals surface area contributed by atoms with Crippen molar-refractivity contribution < 1.29 is 9.47 Å². The largest absolute Gasteiger partial charge is 0.448 e. The maximum absolute atomic E-state index is 8.98. The fourth-order valence-electron chi connectivity index (χ4n) is 1.10. The van der Waals surface area contributed by atoms with Crippen LogP contribution in [0.5, 0.6) is 0 Å². The van der Waals surface area contributed by atoms with Gasteiger partial charge in [-0.05, 0) is 35.0 Å². The van der Waals surface area contributed by atoms with Gasteiger partial charge in [0.1, 0.15) is 6.07 Å². The number of halogens is 1. The Labute approximate surface area is 102 Å². The van der Waals surface area contributed by atoms with Crippen LogP contribution >= 0.6 is 15.9 Å². The van der Waals surface area contributed by atoms with Crippen LogP contribution in [0.1, 0.15) is 18.1 Å². The van der Waals surface area contributed by atoms with Crippen molar-refractivity contribution in [1.29, 1.82) is 10.7 Å². The first-order valence-electron chi connectivity index (χ1n) is 4.57. The molecule has 1 aromatic rings. The van der Waals surface area contributed by atoms with Gasteiger partial charge in [-0.3, -0.25) is 5.41 Å². The second-order valence-electron chi connectivity index (χ2n) is 3.02. The van der Waals surface area contributed by atoms with Crippen LogP contribution in [0.25, 0.3) is 0 Å². The number of ether oxygens (including phenoxy) is 2. The molecule has 1 aromatic carbocycles. The first kappa shape index (κ1) is 12.7. The Kier molecular flexibility index (Phi) is 4.47. The van der Waals surface area contributed by atoms with Crippen molar-refractivity contribution in [2.24, 2.45) is 0 Å². The van der Waals surface area contributed by atoms with Gasteiger partial charge >= 0.3 is 0 Å². The van der Waals surface area contributed by atoms with Crippen molar-refractivity contribution in [2.45, 2.75) is 13.2 Å². The second kappa shape index (κ2) is 5.64. The average molecular weight is 283 g/mol. The zero-order chi connectivity index (χ0) is 12.1. The van der Waals surface area contributed by atoms with Crippen LogP contribution in [-0.2, 0) is 9.47 Å². The Morgan fingerprint density at radius 3 is 2.81 bits per heavy atom. The maximum Gasteiger partial charge on any atom is 0.217 e. The SMILES string of the molecule is COC(C)OC(=N)c1cccc(Br)c1C#N. The summed E-state index contributed by atoms with van der Waals surface area (Å²) in [4.78, 5) is 0. The van der Waals surface area contributed by atoms with E-state index in [1.54, 1.807) is 25.1 Å². The molecule has 0 radical (unpaired) electrons. The van der Waals surface area contributed by atoms with E-state index in [1.807, 2.05) is 6.07 Å². The van der Waals surface area contributed by atoms with Gasteiger partial charge in [0.2, 0.25) is 5.90 Å². The smallest absolute Gasteiger partial charge is 0.217 e. The quantitative estimate of drug-likeness (QED) is 0.527. The van der Waals surface area contributed by atoms with Gasteiger partial charge in [-0.2, -0.15) is 5.26 Å². The highest BCUT2D eigenvalue weighted by Gasteiger charge is 2.13. The lowest BCUT2D eigenvalue weighted by Crippen LogP contribution is -2.17. The van der Waals surface area contributed by atoms with Crippen LogP contribution in [0.15, 0.2) is 22.7 Å². The third-order valence-electron chi connectivity index (χ3n) is 1.99. The molecule has 1 atom stereocenters. The number of hydrogen-bond donors (Lipinski definition) is 1. The van der Waals surface area contributed by atoms with E-state index in [0.717, 1.165) is 0 Å². The number of methoxy groups -OCH3 is 1. The molecular formula is C11H11BrN2O2. The van der Waals surface area contributed by atoms with Gasteiger partial charge in [0.05, 0.1) is 11.1 Å². The van der Waals surface area contributed by atoms with Gasteiger partial charge in [-0.25, -0.2) is 0 Å². The minimum absolute atomic E-state index is 0.0767. The molecule has 0 fully saturated rings. The highest BCUT2D eigenvalue weighted by Crippen LogP contribution is 2.20. The van der Waals surface area contributed by atoms with E-state index < -0.39 is 6.29 Å². The summed E-state index contributed by atoms with van der Waals surface area (Å²) < 4.78 is 10.7. The summed E-state index contributed by atoms with van der Waals surface area (Å²) in [7, 11) is 1.49. The number of benzene rings is 1. The highest BCUT2D eigenvalue weighted by molar-refractivity contribution is 9.10. The van der Waals surface area contributed by atoms with Crippen LogP contribution in [0, 0.1) is 16.7 Å². The molecule has 0 aliphatic rings. The summed E-state index contributed by atoms with van der Waals surface area (Å²) >= 11 is 3.25. The molecule has 0 heterocycles. The molecule has 0 aromatic heterocycles. The molecule has 0 aliphatic carbocycles. The molecule has 0 bridgehead atoms. The normalized spacial score (nSPS) is 11.6. The van der Waals surface area contributed by atoms with Crippen LogP contribution < -0.4 is 0 Å². The molecule has 0 aliphatic heterocycles. The molecule has 1 unspecified atom stereocenters. The topological polar surface area (TPSA) is 66.1 Å². The van der Waals surface area contributed by atoms with E-state index in [4.69, 9.17) is 20.1 Å². The molecule has 1 N–H and O–H groups in total. The van der Waals surface area contributed by atoms with Gasteiger partial charge in [-0.15, -0.1) is 0 Å². The molecule has 0 saturated carbocycles. The summed E-state index contributed by atoms with van der Waals surface area (Å²) in [6.07, 6.45) is -0.516. The average Bonchev–Trinajstić information content (AvgIpc) is 2.28. The monoisotopic (exact) mass is 282 g/mol. The van der Waals surface area contributed by atoms with E-state index in [0.29, 0.717) is 15.6 Å². The van der Waals surface area contributed by atoms with Crippen molar-refractivity contribution in [3.63, 3.8) is 0 Å². The lowest BCUT2D eigenvalue weighted by molar-refractivity contribution is -0.0474. The van der Waals surface area contributed by atoms with Crippen LogP contribution in [0.4, 0.5) is 0 Å². The van der Waals surface area contributed by atoms with Gasteiger partial charge in [0.25, 0.3) is 0 Å². The molecule has 1 rings (SSSR count). The maximum atomic E-state index is 8.98.